The van der Waals surface area contributed by atoms with Gasteiger partial charge in [0.2, 0.25) is 11.8 Å². The predicted molar refractivity (Wildman–Crippen MR) is 89.9 cm³/mol. The van der Waals surface area contributed by atoms with Crippen molar-refractivity contribution < 1.29 is 9.59 Å². The molecule has 1 N–H and O–H groups in total. The molecule has 3 rings (SSSR count). The van der Waals surface area contributed by atoms with Crippen molar-refractivity contribution in [1.29, 1.82) is 0 Å². The van der Waals surface area contributed by atoms with Crippen molar-refractivity contribution in [1.82, 2.24) is 15.1 Å². The lowest BCUT2D eigenvalue weighted by Crippen LogP contribution is -2.49. The van der Waals surface area contributed by atoms with Gasteiger partial charge in [0.1, 0.15) is 0 Å². The summed E-state index contributed by atoms with van der Waals surface area (Å²) < 4.78 is 0. The number of hydrogen-bond donors (Lipinski definition) is 1. The van der Waals surface area contributed by atoms with Crippen LogP contribution in [0.4, 0.5) is 0 Å². The minimum absolute atomic E-state index is 0.0985. The van der Waals surface area contributed by atoms with E-state index in [-0.39, 0.29) is 11.8 Å². The van der Waals surface area contributed by atoms with E-state index in [4.69, 9.17) is 0 Å². The lowest BCUT2D eigenvalue weighted by molar-refractivity contribution is -0.137. The second-order valence-electron chi connectivity index (χ2n) is 7.79. The zero-order valence-corrected chi connectivity index (χ0v) is 14.6. The van der Waals surface area contributed by atoms with Crippen molar-refractivity contribution in [2.24, 2.45) is 11.8 Å². The van der Waals surface area contributed by atoms with Crippen LogP contribution < -0.4 is 5.32 Å². The number of nitrogens with zero attached hydrogens (tertiary/aromatic N) is 2. The maximum absolute atomic E-state index is 12.5. The van der Waals surface area contributed by atoms with Gasteiger partial charge >= 0.3 is 0 Å². The van der Waals surface area contributed by atoms with E-state index in [0.717, 1.165) is 64.7 Å². The van der Waals surface area contributed by atoms with Crippen LogP contribution in [0.5, 0.6) is 0 Å². The Kier molecular flexibility index (Phi) is 5.24. The van der Waals surface area contributed by atoms with Crippen molar-refractivity contribution in [3.05, 3.63) is 0 Å². The third-order valence-electron chi connectivity index (χ3n) is 5.71. The molecule has 2 aliphatic heterocycles. The summed E-state index contributed by atoms with van der Waals surface area (Å²) >= 11 is 0. The highest BCUT2D eigenvalue weighted by Crippen LogP contribution is 2.32. The average Bonchev–Trinajstić information content (AvgIpc) is 3.40. The number of hydrogen-bond acceptors (Lipinski definition) is 3. The van der Waals surface area contributed by atoms with Gasteiger partial charge in [0.05, 0.1) is 0 Å². The monoisotopic (exact) mass is 321 g/mol. The molecule has 2 heterocycles. The van der Waals surface area contributed by atoms with Gasteiger partial charge in [-0.15, -0.1) is 0 Å². The number of piperidine rings is 2. The third-order valence-corrected chi connectivity index (χ3v) is 5.71. The van der Waals surface area contributed by atoms with Crippen molar-refractivity contribution in [3.8, 4) is 0 Å². The van der Waals surface area contributed by atoms with E-state index in [2.05, 4.69) is 24.1 Å². The predicted octanol–water partition coefficient (Wildman–Crippen LogP) is 1.62. The van der Waals surface area contributed by atoms with Crippen LogP contribution in [-0.4, -0.2) is 59.9 Å². The fraction of sp³-hybridized carbons (Fsp3) is 0.889. The van der Waals surface area contributed by atoms with E-state index < -0.39 is 0 Å². The molecule has 0 atom stereocenters. The Balaban J connectivity index is 1.39. The molecule has 2 saturated heterocycles. The van der Waals surface area contributed by atoms with Crippen LogP contribution in [0.3, 0.4) is 0 Å². The van der Waals surface area contributed by atoms with Gasteiger partial charge in [-0.25, -0.2) is 0 Å². The maximum Gasteiger partial charge on any atom is 0.225 e. The molecule has 0 radical (unpaired) electrons. The van der Waals surface area contributed by atoms with E-state index in [1.54, 1.807) is 0 Å². The second-order valence-corrected chi connectivity index (χ2v) is 7.79. The molecule has 1 aliphatic carbocycles. The molecule has 0 aromatic rings. The number of rotatable bonds is 4. The molecule has 0 aromatic heterocycles. The van der Waals surface area contributed by atoms with Gasteiger partial charge in [0, 0.05) is 50.1 Å². The Morgan fingerprint density at radius 1 is 0.870 bits per heavy atom. The largest absolute Gasteiger partial charge is 0.353 e. The van der Waals surface area contributed by atoms with Crippen LogP contribution in [0.15, 0.2) is 0 Å². The van der Waals surface area contributed by atoms with Crippen molar-refractivity contribution in [3.63, 3.8) is 0 Å². The smallest absolute Gasteiger partial charge is 0.225 e. The molecule has 3 aliphatic rings. The quantitative estimate of drug-likeness (QED) is 0.856. The minimum Gasteiger partial charge on any atom is -0.353 e. The summed E-state index contributed by atoms with van der Waals surface area (Å²) in [6.45, 7) is 8.15. The molecule has 3 fully saturated rings. The van der Waals surface area contributed by atoms with E-state index in [1.807, 2.05) is 4.90 Å². The van der Waals surface area contributed by atoms with E-state index >= 15 is 0 Å². The Morgan fingerprint density at radius 2 is 1.48 bits per heavy atom. The minimum atomic E-state index is 0.0985. The van der Waals surface area contributed by atoms with Crippen LogP contribution in [0.1, 0.15) is 52.4 Å². The summed E-state index contributed by atoms with van der Waals surface area (Å²) in [6.07, 6.45) is 5.90. The first-order valence-electron chi connectivity index (χ1n) is 9.38. The zero-order chi connectivity index (χ0) is 16.4. The van der Waals surface area contributed by atoms with E-state index in [9.17, 15) is 9.59 Å². The van der Waals surface area contributed by atoms with Gasteiger partial charge in [-0.3, -0.25) is 9.59 Å². The van der Waals surface area contributed by atoms with Crippen LogP contribution in [0.2, 0.25) is 0 Å². The first-order valence-corrected chi connectivity index (χ1v) is 9.38. The first-order chi connectivity index (χ1) is 11.0. The Bertz CT molecular complexity index is 432. The number of likely N-dealkylation sites (tertiary alicyclic amines) is 2. The average molecular weight is 321 g/mol. The highest BCUT2D eigenvalue weighted by atomic mass is 16.2. The molecular weight excluding hydrogens is 290 g/mol. The Hall–Kier alpha value is -1.10. The normalized spacial score (nSPS) is 24.9. The molecule has 130 valence electrons. The highest BCUT2D eigenvalue weighted by Gasteiger charge is 2.36. The maximum atomic E-state index is 12.5. The van der Waals surface area contributed by atoms with Crippen molar-refractivity contribution >= 4 is 11.8 Å². The van der Waals surface area contributed by atoms with Crippen LogP contribution >= 0.6 is 0 Å². The van der Waals surface area contributed by atoms with Gasteiger partial charge < -0.3 is 15.1 Å². The van der Waals surface area contributed by atoms with Gasteiger partial charge in [-0.05, 0) is 52.4 Å². The van der Waals surface area contributed by atoms with E-state index in [1.165, 1.54) is 0 Å². The number of amides is 2. The zero-order valence-electron chi connectivity index (χ0n) is 14.6. The van der Waals surface area contributed by atoms with Gasteiger partial charge in [0.15, 0.2) is 0 Å². The topological polar surface area (TPSA) is 52.7 Å². The number of carbonyl (C=O) groups is 2. The van der Waals surface area contributed by atoms with Gasteiger partial charge in [-0.2, -0.15) is 0 Å². The fourth-order valence-electron chi connectivity index (χ4n) is 3.83. The molecule has 0 bridgehead atoms. The lowest BCUT2D eigenvalue weighted by atomic mass is 9.94. The summed E-state index contributed by atoms with van der Waals surface area (Å²) in [5.74, 6) is 0.935. The second kappa shape index (κ2) is 7.20. The summed E-state index contributed by atoms with van der Waals surface area (Å²) in [5.41, 5.74) is 0. The van der Waals surface area contributed by atoms with Gasteiger partial charge in [-0.1, -0.05) is 0 Å². The summed E-state index contributed by atoms with van der Waals surface area (Å²) in [7, 11) is 0. The summed E-state index contributed by atoms with van der Waals surface area (Å²) in [6, 6.07) is 0.934. The highest BCUT2D eigenvalue weighted by molar-refractivity contribution is 5.82. The lowest BCUT2D eigenvalue weighted by Gasteiger charge is -2.36. The Labute approximate surface area is 139 Å². The molecule has 0 aromatic carbocycles. The van der Waals surface area contributed by atoms with E-state index in [0.29, 0.717) is 23.9 Å². The number of nitrogens with one attached hydrogen (secondary N) is 1. The van der Waals surface area contributed by atoms with Gasteiger partial charge in [0.25, 0.3) is 0 Å². The SMILES string of the molecule is CC(C)N1CCC(NC(=O)C2CCN(C(=O)C3CC3)CC2)CC1. The molecule has 1 saturated carbocycles. The molecule has 2 amide bonds. The summed E-state index contributed by atoms with van der Waals surface area (Å²) in [4.78, 5) is 29.0. The molecular formula is C18H31N3O2. The van der Waals surface area contributed by atoms with Crippen molar-refractivity contribution in [2.75, 3.05) is 26.2 Å². The van der Waals surface area contributed by atoms with Crippen molar-refractivity contribution in [2.45, 2.75) is 64.5 Å². The standard InChI is InChI=1S/C18H31N3O2/c1-13(2)20-11-7-16(8-12-20)19-17(22)14-5-9-21(10-6-14)18(23)15-3-4-15/h13-16H,3-12H2,1-2H3,(H,19,22). The molecule has 0 unspecified atom stereocenters. The first kappa shape index (κ1) is 16.7. The third kappa shape index (κ3) is 4.25. The molecule has 0 spiro atoms. The summed E-state index contributed by atoms with van der Waals surface area (Å²) in [5, 5.41) is 3.26. The van der Waals surface area contributed by atoms with Crippen LogP contribution in [0, 0.1) is 11.8 Å². The molecule has 23 heavy (non-hydrogen) atoms. The fourth-order valence-corrected chi connectivity index (χ4v) is 3.83. The van der Waals surface area contributed by atoms with Crippen LogP contribution in [0.25, 0.3) is 0 Å². The molecule has 5 nitrogen and oxygen atoms in total. The Morgan fingerprint density at radius 3 is 2.00 bits per heavy atom. The number of carbonyl (C=O) groups excluding carboxylic acids is 2. The molecule has 5 heteroatoms. The van der Waals surface area contributed by atoms with Crippen LogP contribution in [-0.2, 0) is 9.59 Å².